The SMILES string of the molecule is CCC(=O)N1CC[C@H](NCc2csc3ccccc23)[C@@H](C)C1. The van der Waals surface area contributed by atoms with Gasteiger partial charge < -0.3 is 10.2 Å². The number of rotatable bonds is 4. The Labute approximate surface area is 136 Å². The van der Waals surface area contributed by atoms with E-state index in [4.69, 9.17) is 0 Å². The monoisotopic (exact) mass is 316 g/mol. The maximum Gasteiger partial charge on any atom is 0.222 e. The molecule has 1 aromatic carbocycles. The van der Waals surface area contributed by atoms with Gasteiger partial charge in [0, 0.05) is 36.8 Å². The lowest BCUT2D eigenvalue weighted by atomic mass is 9.93. The van der Waals surface area contributed by atoms with Crippen LogP contribution in [0.15, 0.2) is 29.6 Å². The van der Waals surface area contributed by atoms with Gasteiger partial charge in [0.1, 0.15) is 0 Å². The number of hydrogen-bond acceptors (Lipinski definition) is 3. The molecule has 118 valence electrons. The summed E-state index contributed by atoms with van der Waals surface area (Å²) in [6, 6.07) is 9.09. The summed E-state index contributed by atoms with van der Waals surface area (Å²) in [5.41, 5.74) is 1.39. The molecule has 0 unspecified atom stereocenters. The van der Waals surface area contributed by atoms with Gasteiger partial charge in [-0.2, -0.15) is 0 Å². The minimum absolute atomic E-state index is 0.286. The van der Waals surface area contributed by atoms with Crippen LogP contribution >= 0.6 is 11.3 Å². The third kappa shape index (κ3) is 3.18. The number of thiophene rings is 1. The third-order valence-electron chi connectivity index (χ3n) is 4.68. The van der Waals surface area contributed by atoms with E-state index >= 15 is 0 Å². The third-order valence-corrected chi connectivity index (χ3v) is 5.69. The number of hydrogen-bond donors (Lipinski definition) is 1. The van der Waals surface area contributed by atoms with Gasteiger partial charge in [-0.05, 0) is 34.7 Å². The standard InChI is InChI=1S/C18H24N2OS/c1-3-18(21)20-9-8-16(13(2)11-20)19-10-14-12-22-17-7-5-4-6-15(14)17/h4-7,12-13,16,19H,3,8-11H2,1-2H3/t13-,16-/m0/s1. The number of nitrogens with zero attached hydrogens (tertiary/aromatic N) is 1. The van der Waals surface area contributed by atoms with Crippen molar-refractivity contribution >= 4 is 27.3 Å². The molecule has 2 aromatic rings. The van der Waals surface area contributed by atoms with Crippen LogP contribution in [0.3, 0.4) is 0 Å². The summed E-state index contributed by atoms with van der Waals surface area (Å²) in [6.45, 7) is 6.88. The zero-order valence-electron chi connectivity index (χ0n) is 13.3. The van der Waals surface area contributed by atoms with Gasteiger partial charge in [-0.1, -0.05) is 32.0 Å². The number of nitrogens with one attached hydrogen (secondary N) is 1. The molecule has 1 fully saturated rings. The Bertz CT molecular complexity index is 651. The fourth-order valence-corrected chi connectivity index (χ4v) is 4.27. The Morgan fingerprint density at radius 3 is 3.00 bits per heavy atom. The molecule has 22 heavy (non-hydrogen) atoms. The van der Waals surface area contributed by atoms with Gasteiger partial charge in [0.25, 0.3) is 0 Å². The van der Waals surface area contributed by atoms with Gasteiger partial charge >= 0.3 is 0 Å². The lowest BCUT2D eigenvalue weighted by Crippen LogP contribution is -2.49. The van der Waals surface area contributed by atoms with Gasteiger partial charge in [0.15, 0.2) is 0 Å². The van der Waals surface area contributed by atoms with Crippen molar-refractivity contribution in [1.82, 2.24) is 10.2 Å². The van der Waals surface area contributed by atoms with E-state index in [2.05, 4.69) is 41.9 Å². The van der Waals surface area contributed by atoms with Crippen molar-refractivity contribution in [2.45, 2.75) is 39.3 Å². The first kappa shape index (κ1) is 15.5. The second kappa shape index (κ2) is 6.80. The van der Waals surface area contributed by atoms with Crippen molar-refractivity contribution in [2.24, 2.45) is 5.92 Å². The van der Waals surface area contributed by atoms with Crippen LogP contribution in [0.25, 0.3) is 10.1 Å². The first-order valence-corrected chi connectivity index (χ1v) is 9.03. The topological polar surface area (TPSA) is 32.3 Å². The molecule has 2 atom stereocenters. The molecule has 1 aromatic heterocycles. The molecular weight excluding hydrogens is 292 g/mol. The fraction of sp³-hybridized carbons (Fsp3) is 0.500. The first-order valence-electron chi connectivity index (χ1n) is 8.15. The second-order valence-electron chi connectivity index (χ2n) is 6.20. The smallest absolute Gasteiger partial charge is 0.222 e. The van der Waals surface area contributed by atoms with Crippen LogP contribution in [-0.4, -0.2) is 29.9 Å². The summed E-state index contributed by atoms with van der Waals surface area (Å²) in [7, 11) is 0. The van der Waals surface area contributed by atoms with E-state index < -0.39 is 0 Å². The molecule has 3 rings (SSSR count). The highest BCUT2D eigenvalue weighted by Gasteiger charge is 2.27. The maximum atomic E-state index is 11.8. The van der Waals surface area contributed by atoms with Gasteiger partial charge in [0.2, 0.25) is 5.91 Å². The van der Waals surface area contributed by atoms with Gasteiger partial charge in [-0.25, -0.2) is 0 Å². The fourth-order valence-electron chi connectivity index (χ4n) is 3.31. The van der Waals surface area contributed by atoms with Crippen LogP contribution in [0.2, 0.25) is 0 Å². The summed E-state index contributed by atoms with van der Waals surface area (Å²) in [5, 5.41) is 7.34. The molecule has 1 saturated heterocycles. The van der Waals surface area contributed by atoms with Gasteiger partial charge in [-0.15, -0.1) is 11.3 Å². The molecule has 0 bridgehead atoms. The molecule has 0 aliphatic carbocycles. The van der Waals surface area contributed by atoms with Crippen molar-refractivity contribution in [3.05, 3.63) is 35.2 Å². The molecule has 0 radical (unpaired) electrons. The Kier molecular flexibility index (Phi) is 4.79. The first-order chi connectivity index (χ1) is 10.7. The average molecular weight is 316 g/mol. The summed E-state index contributed by atoms with van der Waals surface area (Å²) in [5.74, 6) is 0.795. The Morgan fingerprint density at radius 2 is 2.23 bits per heavy atom. The highest BCUT2D eigenvalue weighted by molar-refractivity contribution is 7.17. The number of carbonyl (C=O) groups is 1. The van der Waals surface area contributed by atoms with Gasteiger partial charge in [0.05, 0.1) is 0 Å². The molecule has 2 heterocycles. The van der Waals surface area contributed by atoms with E-state index in [1.165, 1.54) is 15.6 Å². The Hall–Kier alpha value is -1.39. The minimum atomic E-state index is 0.286. The molecule has 1 amide bonds. The predicted molar refractivity (Wildman–Crippen MR) is 93.1 cm³/mol. The van der Waals surface area contributed by atoms with Crippen LogP contribution in [0.5, 0.6) is 0 Å². The van der Waals surface area contributed by atoms with Crippen molar-refractivity contribution in [3.8, 4) is 0 Å². The molecule has 4 heteroatoms. The molecule has 0 saturated carbocycles. The second-order valence-corrected chi connectivity index (χ2v) is 7.11. The number of benzene rings is 1. The highest BCUT2D eigenvalue weighted by atomic mass is 32.1. The van der Waals surface area contributed by atoms with Crippen LogP contribution in [-0.2, 0) is 11.3 Å². The van der Waals surface area contributed by atoms with Crippen molar-refractivity contribution in [2.75, 3.05) is 13.1 Å². The van der Waals surface area contributed by atoms with E-state index in [0.29, 0.717) is 18.4 Å². The molecule has 1 aliphatic rings. The van der Waals surface area contributed by atoms with E-state index in [1.54, 1.807) is 0 Å². The molecule has 3 nitrogen and oxygen atoms in total. The molecule has 0 spiro atoms. The summed E-state index contributed by atoms with van der Waals surface area (Å²) in [6.07, 6.45) is 1.67. The van der Waals surface area contributed by atoms with E-state index in [1.807, 2.05) is 23.2 Å². The lowest BCUT2D eigenvalue weighted by molar-refractivity contribution is -0.132. The lowest BCUT2D eigenvalue weighted by Gasteiger charge is -2.37. The number of fused-ring (bicyclic) bond motifs is 1. The predicted octanol–water partition coefficient (Wildman–Crippen LogP) is 3.64. The van der Waals surface area contributed by atoms with Crippen LogP contribution < -0.4 is 5.32 Å². The quantitative estimate of drug-likeness (QED) is 0.934. The average Bonchev–Trinajstić information content (AvgIpc) is 2.96. The van der Waals surface area contributed by atoms with Crippen LogP contribution in [0, 0.1) is 5.92 Å². The number of piperidine rings is 1. The summed E-state index contributed by atoms with van der Waals surface area (Å²) >= 11 is 1.82. The molecule has 1 N–H and O–H groups in total. The number of carbonyl (C=O) groups excluding carboxylic acids is 1. The highest BCUT2D eigenvalue weighted by Crippen LogP contribution is 2.26. The zero-order chi connectivity index (χ0) is 15.5. The summed E-state index contributed by atoms with van der Waals surface area (Å²) in [4.78, 5) is 13.8. The molecule has 1 aliphatic heterocycles. The van der Waals surface area contributed by atoms with Gasteiger partial charge in [-0.3, -0.25) is 4.79 Å². The number of amides is 1. The van der Waals surface area contributed by atoms with E-state index in [9.17, 15) is 4.79 Å². The zero-order valence-corrected chi connectivity index (χ0v) is 14.2. The van der Waals surface area contributed by atoms with Crippen molar-refractivity contribution < 1.29 is 4.79 Å². The van der Waals surface area contributed by atoms with E-state index in [0.717, 1.165) is 26.1 Å². The molecular formula is C18H24N2OS. The van der Waals surface area contributed by atoms with Crippen LogP contribution in [0.4, 0.5) is 0 Å². The minimum Gasteiger partial charge on any atom is -0.342 e. The Morgan fingerprint density at radius 1 is 1.41 bits per heavy atom. The normalized spacial score (nSPS) is 22.2. The Balaban J connectivity index is 1.59. The summed E-state index contributed by atoms with van der Waals surface area (Å²) < 4.78 is 1.36. The number of likely N-dealkylation sites (tertiary alicyclic amines) is 1. The van der Waals surface area contributed by atoms with E-state index in [-0.39, 0.29) is 5.91 Å². The van der Waals surface area contributed by atoms with Crippen molar-refractivity contribution in [3.63, 3.8) is 0 Å². The largest absolute Gasteiger partial charge is 0.342 e. The van der Waals surface area contributed by atoms with Crippen molar-refractivity contribution in [1.29, 1.82) is 0 Å². The van der Waals surface area contributed by atoms with Crippen LogP contribution in [0.1, 0.15) is 32.3 Å². The maximum absolute atomic E-state index is 11.8.